The highest BCUT2D eigenvalue weighted by molar-refractivity contribution is 9.09. The predicted molar refractivity (Wildman–Crippen MR) is 150 cm³/mol. The number of nitrogens with zero attached hydrogens (tertiary/aromatic N) is 2. The Morgan fingerprint density at radius 3 is 2.46 bits per heavy atom. The van der Waals surface area contributed by atoms with E-state index >= 15 is 0 Å². The van der Waals surface area contributed by atoms with Gasteiger partial charge in [0.1, 0.15) is 0 Å². The molecule has 0 aromatic heterocycles. The molecule has 1 aliphatic carbocycles. The molecular weight excluding hydrogens is 556 g/mol. The Bertz CT molecular complexity index is 1040. The van der Waals surface area contributed by atoms with Crippen molar-refractivity contribution in [3.63, 3.8) is 0 Å². The molecule has 3 aliphatic rings. The van der Waals surface area contributed by atoms with E-state index in [9.17, 15) is 14.7 Å². The lowest BCUT2D eigenvalue weighted by Crippen LogP contribution is -2.57. The summed E-state index contributed by atoms with van der Waals surface area (Å²) < 4.78 is 18.5. The third-order valence-corrected chi connectivity index (χ3v) is 13.6. The quantitative estimate of drug-likeness (QED) is 0.199. The number of benzene rings is 1. The lowest BCUT2D eigenvalue weighted by molar-refractivity contribution is 0.0541. The minimum absolute atomic E-state index is 0.0827. The van der Waals surface area contributed by atoms with Crippen molar-refractivity contribution in [3.05, 3.63) is 17.7 Å². The van der Waals surface area contributed by atoms with E-state index in [1.807, 2.05) is 4.90 Å². The van der Waals surface area contributed by atoms with Gasteiger partial charge in [0.25, 0.3) is 5.91 Å². The summed E-state index contributed by atoms with van der Waals surface area (Å²) in [5, 5.41) is 11.4. The predicted octanol–water partition coefficient (Wildman–Crippen LogP) is 6.48. The summed E-state index contributed by atoms with van der Waals surface area (Å²) in [5.41, 5.74) is 0.700. The number of halogens is 1. The zero-order chi connectivity index (χ0) is 27.2. The zero-order valence-corrected chi connectivity index (χ0v) is 25.5. The number of methoxy groups -OCH3 is 1. The Balaban J connectivity index is 1.79. The molecular formula is C27H41BrN2O6Si. The van der Waals surface area contributed by atoms with Crippen molar-refractivity contribution >= 4 is 41.9 Å². The van der Waals surface area contributed by atoms with Crippen molar-refractivity contribution in [1.29, 1.82) is 0 Å². The van der Waals surface area contributed by atoms with Gasteiger partial charge in [-0.3, -0.25) is 4.79 Å². The van der Waals surface area contributed by atoms with E-state index in [0.717, 1.165) is 43.9 Å². The summed E-state index contributed by atoms with van der Waals surface area (Å²) >= 11 is 3.45. The van der Waals surface area contributed by atoms with Gasteiger partial charge in [-0.05, 0) is 68.1 Å². The molecule has 2 unspecified atom stereocenters. The molecule has 2 heterocycles. The van der Waals surface area contributed by atoms with Gasteiger partial charge in [0.15, 0.2) is 26.0 Å². The zero-order valence-electron chi connectivity index (χ0n) is 22.9. The van der Waals surface area contributed by atoms with Gasteiger partial charge in [-0.15, -0.1) is 0 Å². The largest absolute Gasteiger partial charge is 0.493 e. The van der Waals surface area contributed by atoms with Crippen molar-refractivity contribution in [2.75, 3.05) is 30.5 Å². The monoisotopic (exact) mass is 596 g/mol. The molecule has 1 spiro atoms. The standard InChI is InChI=1S/C27H41BrN2O6Si/c1-26(2,3)37(5,6)36-24-20-16-27(10-11-27)17-29(20)23(31)18-14-21(34-4)22(35-13-9-7-8-12-28)15-19(18)30(24)25(32)33/h14-15,20,24H,7-13,16-17H2,1-6H3,(H,32,33). The highest BCUT2D eigenvalue weighted by atomic mass is 79.9. The first-order chi connectivity index (χ1) is 17.3. The van der Waals surface area contributed by atoms with Crippen LogP contribution in [-0.2, 0) is 4.43 Å². The molecule has 0 bridgehead atoms. The summed E-state index contributed by atoms with van der Waals surface area (Å²) in [5.74, 6) is 0.697. The number of alkyl halides is 1. The Hall–Kier alpha value is -1.78. The third-order valence-electron chi connectivity index (χ3n) is 8.58. The summed E-state index contributed by atoms with van der Waals surface area (Å²) in [4.78, 5) is 30.1. The number of carboxylic acid groups (broad SMARTS) is 1. The van der Waals surface area contributed by atoms with Crippen molar-refractivity contribution in [2.45, 2.75) is 89.7 Å². The Morgan fingerprint density at radius 2 is 1.89 bits per heavy atom. The van der Waals surface area contributed by atoms with Crippen molar-refractivity contribution in [2.24, 2.45) is 5.41 Å². The van der Waals surface area contributed by atoms with Crippen molar-refractivity contribution in [1.82, 2.24) is 4.90 Å². The molecule has 1 aromatic carbocycles. The average Bonchev–Trinajstić information content (AvgIpc) is 3.48. The van der Waals surface area contributed by atoms with Gasteiger partial charge in [-0.2, -0.15) is 0 Å². The van der Waals surface area contributed by atoms with Gasteiger partial charge in [0.05, 0.1) is 31.0 Å². The van der Waals surface area contributed by atoms with Gasteiger partial charge < -0.3 is 23.9 Å². The molecule has 2 aliphatic heterocycles. The number of rotatable bonds is 9. The Morgan fingerprint density at radius 1 is 1.19 bits per heavy atom. The number of fused-ring (bicyclic) bond motifs is 2. The molecule has 1 aromatic rings. The van der Waals surface area contributed by atoms with Crippen LogP contribution in [-0.4, -0.2) is 68.2 Å². The first kappa shape index (κ1) is 28.2. The molecule has 2 amide bonds. The van der Waals surface area contributed by atoms with Gasteiger partial charge in [-0.25, -0.2) is 9.69 Å². The molecule has 2 fully saturated rings. The highest BCUT2D eigenvalue weighted by Crippen LogP contribution is 2.57. The Labute approximate surface area is 229 Å². The first-order valence-corrected chi connectivity index (χ1v) is 17.3. The fraction of sp³-hybridized carbons (Fsp3) is 0.704. The topological polar surface area (TPSA) is 88.5 Å². The van der Waals surface area contributed by atoms with Crippen molar-refractivity contribution < 1.29 is 28.6 Å². The smallest absolute Gasteiger partial charge is 0.414 e. The van der Waals surface area contributed by atoms with E-state index < -0.39 is 20.6 Å². The number of amides is 2. The summed E-state index contributed by atoms with van der Waals surface area (Å²) in [6, 6.07) is 2.96. The van der Waals surface area contributed by atoms with E-state index in [1.165, 1.54) is 12.0 Å². The average molecular weight is 598 g/mol. The molecule has 1 N–H and O–H groups in total. The minimum atomic E-state index is -2.40. The fourth-order valence-corrected chi connectivity index (χ4v) is 6.76. The molecule has 4 rings (SSSR count). The number of hydrogen-bond acceptors (Lipinski definition) is 5. The second-order valence-electron chi connectivity index (χ2n) is 12.2. The number of ether oxygens (including phenoxy) is 2. The maximum atomic E-state index is 14.0. The Kier molecular flexibility index (Phi) is 7.94. The third kappa shape index (κ3) is 5.52. The molecule has 206 valence electrons. The second kappa shape index (κ2) is 10.4. The van der Waals surface area contributed by atoms with Crippen LogP contribution in [0.25, 0.3) is 0 Å². The van der Waals surface area contributed by atoms with Crippen molar-refractivity contribution in [3.8, 4) is 11.5 Å². The van der Waals surface area contributed by atoms with Crippen LogP contribution < -0.4 is 14.4 Å². The van der Waals surface area contributed by atoms with E-state index in [-0.39, 0.29) is 22.4 Å². The number of carbonyl (C=O) groups is 2. The molecule has 0 radical (unpaired) electrons. The molecule has 1 saturated carbocycles. The maximum absolute atomic E-state index is 14.0. The van der Waals surface area contributed by atoms with Crippen LogP contribution in [0.2, 0.25) is 18.1 Å². The van der Waals surface area contributed by atoms with E-state index in [2.05, 4.69) is 49.8 Å². The lowest BCUT2D eigenvalue weighted by atomic mass is 10.0. The van der Waals surface area contributed by atoms with Crippen LogP contribution in [0.3, 0.4) is 0 Å². The molecule has 1 saturated heterocycles. The summed E-state index contributed by atoms with van der Waals surface area (Å²) in [7, 11) is -0.861. The number of hydrogen-bond donors (Lipinski definition) is 1. The van der Waals surface area contributed by atoms with E-state index in [1.54, 1.807) is 12.1 Å². The molecule has 2 atom stereocenters. The van der Waals surface area contributed by atoms with Crippen LogP contribution in [0.1, 0.15) is 69.7 Å². The van der Waals surface area contributed by atoms with Crippen LogP contribution in [0.4, 0.5) is 10.5 Å². The van der Waals surface area contributed by atoms with Crippen LogP contribution in [0, 0.1) is 5.41 Å². The van der Waals surface area contributed by atoms with E-state index in [4.69, 9.17) is 13.9 Å². The minimum Gasteiger partial charge on any atom is -0.493 e. The number of unbranched alkanes of at least 4 members (excludes halogenated alkanes) is 2. The molecule has 10 heteroatoms. The highest BCUT2D eigenvalue weighted by Gasteiger charge is 2.59. The van der Waals surface area contributed by atoms with Gasteiger partial charge in [0, 0.05) is 17.9 Å². The number of carbonyl (C=O) groups excluding carboxylic acids is 1. The van der Waals surface area contributed by atoms with Crippen LogP contribution in [0.15, 0.2) is 12.1 Å². The lowest BCUT2D eigenvalue weighted by Gasteiger charge is -2.44. The second-order valence-corrected chi connectivity index (χ2v) is 17.8. The van der Waals surface area contributed by atoms with Gasteiger partial charge in [0.2, 0.25) is 0 Å². The van der Waals surface area contributed by atoms with E-state index in [0.29, 0.717) is 35.9 Å². The van der Waals surface area contributed by atoms with Gasteiger partial charge in [-0.1, -0.05) is 36.7 Å². The van der Waals surface area contributed by atoms with Gasteiger partial charge >= 0.3 is 6.09 Å². The number of anilines is 1. The van der Waals surface area contributed by atoms with Crippen LogP contribution >= 0.6 is 15.9 Å². The normalized spacial score (nSPS) is 22.5. The maximum Gasteiger partial charge on any atom is 0.414 e. The molecule has 37 heavy (non-hydrogen) atoms. The summed E-state index contributed by atoms with van der Waals surface area (Å²) in [6.07, 6.45) is 3.88. The summed E-state index contributed by atoms with van der Waals surface area (Å²) in [6.45, 7) is 11.8. The SMILES string of the molecule is COc1cc2c(cc1OCCCCCBr)N(C(=O)O)C(O[Si](C)(C)C(C)(C)C)C1CC3(CC3)CN1C2=O. The first-order valence-electron chi connectivity index (χ1n) is 13.3. The fourth-order valence-electron chi connectivity index (χ4n) is 5.15. The van der Waals surface area contributed by atoms with Crippen LogP contribution in [0.5, 0.6) is 11.5 Å². The molecule has 8 nitrogen and oxygen atoms in total.